The molecule has 0 spiro atoms. The number of carbonyl (C=O) groups is 1. The van der Waals surface area contributed by atoms with E-state index in [-0.39, 0.29) is 18.1 Å². The molecule has 1 aromatic carbocycles. The minimum absolute atomic E-state index is 0.119. The first-order valence-corrected chi connectivity index (χ1v) is 6.65. The number of amides is 1. The van der Waals surface area contributed by atoms with E-state index in [2.05, 4.69) is 20.5 Å². The first kappa shape index (κ1) is 13.7. The number of ether oxygens (including phenoxy) is 2. The Labute approximate surface area is 121 Å². The molecule has 2 N–H and O–H groups in total. The zero-order valence-corrected chi connectivity index (χ0v) is 11.6. The average Bonchev–Trinajstić information content (AvgIpc) is 3.18. The number of H-pyrrole nitrogens is 1. The molecular formula is C14H16N4O3. The molecule has 3 rings (SSSR count). The van der Waals surface area contributed by atoms with Gasteiger partial charge >= 0.3 is 0 Å². The highest BCUT2D eigenvalue weighted by molar-refractivity contribution is 6.00. The van der Waals surface area contributed by atoms with Crippen LogP contribution in [0.4, 0.5) is 0 Å². The van der Waals surface area contributed by atoms with Gasteiger partial charge in [0.05, 0.1) is 24.8 Å². The van der Waals surface area contributed by atoms with Gasteiger partial charge in [-0.3, -0.25) is 9.89 Å². The Hall–Kier alpha value is -2.25. The smallest absolute Gasteiger partial charge is 0.252 e. The Balaban J connectivity index is 1.82. The van der Waals surface area contributed by atoms with Crippen LogP contribution in [-0.2, 0) is 9.47 Å². The number of nitrogens with zero attached hydrogens (tertiary/aromatic N) is 2. The molecule has 0 aliphatic carbocycles. The van der Waals surface area contributed by atoms with Crippen molar-refractivity contribution < 1.29 is 14.3 Å². The normalized spacial score (nSPS) is 21.4. The minimum atomic E-state index is -0.181. The molecule has 110 valence electrons. The van der Waals surface area contributed by atoms with Crippen molar-refractivity contribution in [3.05, 3.63) is 36.2 Å². The van der Waals surface area contributed by atoms with Crippen molar-refractivity contribution in [3.8, 4) is 11.4 Å². The first-order chi connectivity index (χ1) is 10.3. The molecule has 2 atom stereocenters. The first-order valence-electron chi connectivity index (χ1n) is 6.65. The fourth-order valence-corrected chi connectivity index (χ4v) is 2.37. The Bertz CT molecular complexity index is 614. The molecule has 1 aliphatic rings. The van der Waals surface area contributed by atoms with Gasteiger partial charge in [0, 0.05) is 12.7 Å². The second-order valence-corrected chi connectivity index (χ2v) is 4.77. The molecule has 1 saturated heterocycles. The van der Waals surface area contributed by atoms with Gasteiger partial charge in [-0.05, 0) is 6.07 Å². The van der Waals surface area contributed by atoms with Gasteiger partial charge in [-0.25, -0.2) is 4.98 Å². The summed E-state index contributed by atoms with van der Waals surface area (Å²) >= 11 is 0. The van der Waals surface area contributed by atoms with Crippen molar-refractivity contribution in [2.75, 3.05) is 20.3 Å². The number of nitrogens with one attached hydrogen (secondary N) is 2. The molecule has 0 radical (unpaired) electrons. The van der Waals surface area contributed by atoms with Gasteiger partial charge in [0.1, 0.15) is 12.4 Å². The molecule has 0 saturated carbocycles. The predicted octanol–water partition coefficient (Wildman–Crippen LogP) is 0.615. The Morgan fingerprint density at radius 2 is 2.29 bits per heavy atom. The molecule has 7 nitrogen and oxygen atoms in total. The maximum atomic E-state index is 12.5. The number of carbonyl (C=O) groups excluding carboxylic acids is 1. The van der Waals surface area contributed by atoms with Crippen molar-refractivity contribution in [2.45, 2.75) is 12.1 Å². The maximum Gasteiger partial charge on any atom is 0.252 e. The summed E-state index contributed by atoms with van der Waals surface area (Å²) in [6.45, 7) is 0.944. The highest BCUT2D eigenvalue weighted by atomic mass is 16.5. The van der Waals surface area contributed by atoms with E-state index in [0.29, 0.717) is 30.2 Å². The van der Waals surface area contributed by atoms with Gasteiger partial charge < -0.3 is 14.8 Å². The third-order valence-electron chi connectivity index (χ3n) is 3.49. The molecule has 7 heteroatoms. The molecule has 1 aromatic heterocycles. The molecule has 21 heavy (non-hydrogen) atoms. The topological polar surface area (TPSA) is 89.1 Å². The largest absolute Gasteiger partial charge is 0.377 e. The maximum absolute atomic E-state index is 12.5. The zero-order chi connectivity index (χ0) is 14.7. The van der Waals surface area contributed by atoms with E-state index < -0.39 is 0 Å². The van der Waals surface area contributed by atoms with Crippen molar-refractivity contribution in [3.63, 3.8) is 0 Å². The summed E-state index contributed by atoms with van der Waals surface area (Å²) in [5.41, 5.74) is 1.25. The van der Waals surface area contributed by atoms with Gasteiger partial charge in [0.25, 0.3) is 5.91 Å². The van der Waals surface area contributed by atoms with Crippen molar-refractivity contribution in [2.24, 2.45) is 0 Å². The van der Waals surface area contributed by atoms with Crippen molar-refractivity contribution in [1.82, 2.24) is 20.5 Å². The lowest BCUT2D eigenvalue weighted by molar-refractivity contribution is 0.0685. The molecule has 1 amide bonds. The molecule has 1 fully saturated rings. The van der Waals surface area contributed by atoms with Crippen LogP contribution in [0.25, 0.3) is 11.4 Å². The fraction of sp³-hybridized carbons (Fsp3) is 0.357. The summed E-state index contributed by atoms with van der Waals surface area (Å²) in [6, 6.07) is 7.10. The Morgan fingerprint density at radius 1 is 1.43 bits per heavy atom. The number of hydrogen-bond acceptors (Lipinski definition) is 5. The van der Waals surface area contributed by atoms with Crippen LogP contribution in [0.3, 0.4) is 0 Å². The zero-order valence-electron chi connectivity index (χ0n) is 11.6. The van der Waals surface area contributed by atoms with Gasteiger partial charge in [-0.2, -0.15) is 5.10 Å². The molecular weight excluding hydrogens is 272 g/mol. The average molecular weight is 288 g/mol. The predicted molar refractivity (Wildman–Crippen MR) is 74.7 cm³/mol. The SMILES string of the molecule is CO[C@H]1COC[C@@H]1NC(=O)c1ccccc1-c1ncn[nH]1. The number of methoxy groups -OCH3 is 1. The second kappa shape index (κ2) is 6.02. The van der Waals surface area contributed by atoms with Gasteiger partial charge in [-0.15, -0.1) is 0 Å². The van der Waals surface area contributed by atoms with Crippen LogP contribution in [0.2, 0.25) is 0 Å². The molecule has 0 unspecified atom stereocenters. The van der Waals surface area contributed by atoms with Crippen LogP contribution in [0.15, 0.2) is 30.6 Å². The second-order valence-electron chi connectivity index (χ2n) is 4.77. The summed E-state index contributed by atoms with van der Waals surface area (Å²) in [7, 11) is 1.61. The molecule has 1 aliphatic heterocycles. The molecule has 2 heterocycles. The van der Waals surface area contributed by atoms with Crippen LogP contribution in [0, 0.1) is 0 Å². The van der Waals surface area contributed by atoms with Crippen LogP contribution in [0.5, 0.6) is 0 Å². The van der Waals surface area contributed by atoms with E-state index in [9.17, 15) is 4.79 Å². The lowest BCUT2D eigenvalue weighted by atomic mass is 10.1. The quantitative estimate of drug-likeness (QED) is 0.860. The molecule has 0 bridgehead atoms. The number of benzene rings is 1. The number of hydrogen-bond donors (Lipinski definition) is 2. The van der Waals surface area contributed by atoms with Crippen LogP contribution < -0.4 is 5.32 Å². The van der Waals surface area contributed by atoms with Crippen LogP contribution in [-0.4, -0.2) is 53.6 Å². The standard InChI is InChI=1S/C14H16N4O3/c1-20-12-7-21-6-11(12)17-14(19)10-5-3-2-4-9(10)13-15-8-16-18-13/h2-5,8,11-12H,6-7H2,1H3,(H,17,19)(H,15,16,18)/t11-,12-/m0/s1. The van der Waals surface area contributed by atoms with Crippen molar-refractivity contribution >= 4 is 5.91 Å². The summed E-state index contributed by atoms with van der Waals surface area (Å²) in [5, 5.41) is 9.54. The number of aromatic nitrogens is 3. The van der Waals surface area contributed by atoms with E-state index in [4.69, 9.17) is 9.47 Å². The van der Waals surface area contributed by atoms with Crippen molar-refractivity contribution in [1.29, 1.82) is 0 Å². The third-order valence-corrected chi connectivity index (χ3v) is 3.49. The van der Waals surface area contributed by atoms with Gasteiger partial charge in [0.2, 0.25) is 0 Å². The summed E-state index contributed by atoms with van der Waals surface area (Å²) in [5.74, 6) is 0.381. The highest BCUT2D eigenvalue weighted by Gasteiger charge is 2.30. The van der Waals surface area contributed by atoms with E-state index in [1.165, 1.54) is 6.33 Å². The Kier molecular flexibility index (Phi) is 3.94. The van der Waals surface area contributed by atoms with Gasteiger partial charge in [-0.1, -0.05) is 18.2 Å². The van der Waals surface area contributed by atoms with E-state index in [0.717, 1.165) is 0 Å². The van der Waals surface area contributed by atoms with Crippen LogP contribution >= 0.6 is 0 Å². The summed E-state index contributed by atoms with van der Waals surface area (Å²) in [4.78, 5) is 16.6. The van der Waals surface area contributed by atoms with Crippen LogP contribution in [0.1, 0.15) is 10.4 Å². The lowest BCUT2D eigenvalue weighted by Crippen LogP contribution is -2.43. The lowest BCUT2D eigenvalue weighted by Gasteiger charge is -2.18. The monoisotopic (exact) mass is 288 g/mol. The number of aromatic amines is 1. The van der Waals surface area contributed by atoms with Gasteiger partial charge in [0.15, 0.2) is 5.82 Å². The molecule has 2 aromatic rings. The van der Waals surface area contributed by atoms with E-state index >= 15 is 0 Å². The Morgan fingerprint density at radius 3 is 3.05 bits per heavy atom. The van der Waals surface area contributed by atoms with E-state index in [1.807, 2.05) is 18.2 Å². The third kappa shape index (κ3) is 2.79. The summed E-state index contributed by atoms with van der Waals surface area (Å²) in [6.07, 6.45) is 1.29. The highest BCUT2D eigenvalue weighted by Crippen LogP contribution is 2.20. The minimum Gasteiger partial charge on any atom is -0.377 e. The summed E-state index contributed by atoms with van der Waals surface area (Å²) < 4.78 is 10.6. The number of rotatable bonds is 4. The fourth-order valence-electron chi connectivity index (χ4n) is 2.37. The van der Waals surface area contributed by atoms with E-state index in [1.54, 1.807) is 13.2 Å².